The van der Waals surface area contributed by atoms with Gasteiger partial charge in [0, 0.05) is 12.6 Å². The molecule has 1 aliphatic carbocycles. The molecule has 0 amide bonds. The van der Waals surface area contributed by atoms with Crippen LogP contribution >= 0.6 is 11.6 Å². The van der Waals surface area contributed by atoms with Gasteiger partial charge in [-0.05, 0) is 31.9 Å². The highest BCUT2D eigenvalue weighted by Crippen LogP contribution is 2.27. The van der Waals surface area contributed by atoms with Crippen LogP contribution in [0.25, 0.3) is 0 Å². The van der Waals surface area contributed by atoms with Crippen LogP contribution in [-0.2, 0) is 0 Å². The van der Waals surface area contributed by atoms with Gasteiger partial charge in [-0.1, -0.05) is 30.9 Å². The Balaban J connectivity index is 2.27. The Morgan fingerprint density at radius 2 is 2.11 bits per heavy atom. The Hall–Kier alpha value is -1.29. The molecule has 19 heavy (non-hydrogen) atoms. The summed E-state index contributed by atoms with van der Waals surface area (Å²) in [5.74, 6) is -0.359. The molecule has 0 bridgehead atoms. The topological polar surface area (TPSA) is 53.4 Å². The van der Waals surface area contributed by atoms with Gasteiger partial charge in [0.1, 0.15) is 5.82 Å². The Kier molecular flexibility index (Phi) is 4.64. The number of rotatable bonds is 4. The van der Waals surface area contributed by atoms with E-state index < -0.39 is 5.97 Å². The molecule has 0 saturated heterocycles. The van der Waals surface area contributed by atoms with Crippen molar-refractivity contribution in [3.05, 3.63) is 22.8 Å². The molecule has 0 aromatic carbocycles. The van der Waals surface area contributed by atoms with Gasteiger partial charge in [0.2, 0.25) is 0 Å². The molecule has 1 saturated carbocycles. The lowest BCUT2D eigenvalue weighted by Gasteiger charge is -2.34. The Morgan fingerprint density at radius 3 is 2.68 bits per heavy atom. The predicted octanol–water partition coefficient (Wildman–Crippen LogP) is 3.59. The number of aromatic nitrogens is 1. The van der Waals surface area contributed by atoms with E-state index in [1.807, 2.05) is 6.07 Å². The minimum Gasteiger partial charge on any atom is -0.476 e. The van der Waals surface area contributed by atoms with Gasteiger partial charge < -0.3 is 10.0 Å². The molecular formula is C14H19ClN2O2. The van der Waals surface area contributed by atoms with Crippen LogP contribution in [0, 0.1) is 0 Å². The monoisotopic (exact) mass is 282 g/mol. The number of carboxylic acids is 1. The summed E-state index contributed by atoms with van der Waals surface area (Å²) < 4.78 is 0. The number of carboxylic acid groups (broad SMARTS) is 1. The van der Waals surface area contributed by atoms with E-state index in [1.165, 1.54) is 19.3 Å². The van der Waals surface area contributed by atoms with Crippen molar-refractivity contribution < 1.29 is 9.90 Å². The lowest BCUT2D eigenvalue weighted by atomic mass is 9.94. The van der Waals surface area contributed by atoms with Crippen molar-refractivity contribution in [2.75, 3.05) is 11.4 Å². The molecule has 0 aliphatic heterocycles. The molecule has 5 heteroatoms. The van der Waals surface area contributed by atoms with E-state index >= 15 is 0 Å². The lowest BCUT2D eigenvalue weighted by Crippen LogP contribution is -2.37. The first-order valence-electron chi connectivity index (χ1n) is 6.80. The second kappa shape index (κ2) is 6.24. The number of aromatic carboxylic acids is 1. The molecule has 1 heterocycles. The zero-order chi connectivity index (χ0) is 13.8. The van der Waals surface area contributed by atoms with Crippen molar-refractivity contribution in [3.8, 4) is 0 Å². The van der Waals surface area contributed by atoms with Gasteiger partial charge >= 0.3 is 5.97 Å². The summed E-state index contributed by atoms with van der Waals surface area (Å²) in [6, 6.07) is 3.90. The van der Waals surface area contributed by atoms with Crippen LogP contribution in [0.5, 0.6) is 0 Å². The van der Waals surface area contributed by atoms with Gasteiger partial charge in [0.15, 0.2) is 5.69 Å². The number of hydrogen-bond acceptors (Lipinski definition) is 3. The summed E-state index contributed by atoms with van der Waals surface area (Å²) in [5.41, 5.74) is -0.0616. The fourth-order valence-corrected chi connectivity index (χ4v) is 2.93. The van der Waals surface area contributed by atoms with Crippen LogP contribution in [0.3, 0.4) is 0 Å². The van der Waals surface area contributed by atoms with Gasteiger partial charge in [0.25, 0.3) is 0 Å². The van der Waals surface area contributed by atoms with E-state index in [9.17, 15) is 4.79 Å². The molecule has 0 radical (unpaired) electrons. The Morgan fingerprint density at radius 1 is 1.42 bits per heavy atom. The van der Waals surface area contributed by atoms with E-state index in [0.717, 1.165) is 25.2 Å². The lowest BCUT2D eigenvalue weighted by molar-refractivity contribution is 0.0690. The molecule has 0 spiro atoms. The van der Waals surface area contributed by atoms with Crippen LogP contribution in [0.2, 0.25) is 5.02 Å². The standard InChI is InChI=1S/C14H19ClN2O2/c1-2-17(10-6-4-3-5-7-10)12-9-8-11(15)13(16-12)14(18)19/h8-10H,2-7H2,1H3,(H,18,19). The van der Waals surface area contributed by atoms with E-state index in [4.69, 9.17) is 16.7 Å². The molecular weight excluding hydrogens is 264 g/mol. The molecule has 1 N–H and O–H groups in total. The van der Waals surface area contributed by atoms with Crippen molar-refractivity contribution in [3.63, 3.8) is 0 Å². The number of pyridine rings is 1. The first kappa shape index (κ1) is 14.1. The highest BCUT2D eigenvalue weighted by molar-refractivity contribution is 6.33. The van der Waals surface area contributed by atoms with Crippen molar-refractivity contribution in [1.82, 2.24) is 4.98 Å². The third-order valence-corrected chi connectivity index (χ3v) is 3.99. The second-order valence-corrected chi connectivity index (χ2v) is 5.29. The Bertz CT molecular complexity index is 459. The third kappa shape index (κ3) is 3.18. The summed E-state index contributed by atoms with van der Waals surface area (Å²) >= 11 is 5.86. The third-order valence-electron chi connectivity index (χ3n) is 3.68. The molecule has 104 valence electrons. The molecule has 1 aromatic rings. The van der Waals surface area contributed by atoms with Gasteiger partial charge in [-0.25, -0.2) is 9.78 Å². The number of anilines is 1. The van der Waals surface area contributed by atoms with Crippen molar-refractivity contribution in [2.24, 2.45) is 0 Å². The number of carbonyl (C=O) groups is 1. The van der Waals surface area contributed by atoms with Crippen molar-refractivity contribution >= 4 is 23.4 Å². The number of nitrogens with zero attached hydrogens (tertiary/aromatic N) is 2. The first-order chi connectivity index (χ1) is 9.13. The predicted molar refractivity (Wildman–Crippen MR) is 76.1 cm³/mol. The summed E-state index contributed by atoms with van der Waals surface area (Å²) in [6.45, 7) is 2.91. The maximum Gasteiger partial charge on any atom is 0.356 e. The van der Waals surface area contributed by atoms with Crippen LogP contribution in [0.15, 0.2) is 12.1 Å². The molecule has 1 fully saturated rings. The van der Waals surface area contributed by atoms with Gasteiger partial charge in [-0.2, -0.15) is 0 Å². The maximum absolute atomic E-state index is 11.1. The second-order valence-electron chi connectivity index (χ2n) is 4.88. The molecule has 4 nitrogen and oxygen atoms in total. The molecule has 0 atom stereocenters. The highest BCUT2D eigenvalue weighted by Gasteiger charge is 2.22. The summed E-state index contributed by atoms with van der Waals surface area (Å²) in [7, 11) is 0. The molecule has 1 aromatic heterocycles. The zero-order valence-electron chi connectivity index (χ0n) is 11.1. The van der Waals surface area contributed by atoms with Gasteiger partial charge in [-0.3, -0.25) is 0 Å². The van der Waals surface area contributed by atoms with E-state index in [1.54, 1.807) is 6.07 Å². The van der Waals surface area contributed by atoms with Gasteiger partial charge in [0.05, 0.1) is 5.02 Å². The fraction of sp³-hybridized carbons (Fsp3) is 0.571. The number of hydrogen-bond donors (Lipinski definition) is 1. The maximum atomic E-state index is 11.1. The van der Waals surface area contributed by atoms with Crippen LogP contribution in [0.4, 0.5) is 5.82 Å². The SMILES string of the molecule is CCN(c1ccc(Cl)c(C(=O)O)n1)C1CCCCC1. The summed E-state index contributed by atoms with van der Waals surface area (Å²) in [6.07, 6.45) is 6.07. The largest absolute Gasteiger partial charge is 0.476 e. The van der Waals surface area contributed by atoms with E-state index in [2.05, 4.69) is 16.8 Å². The average Bonchev–Trinajstić information content (AvgIpc) is 2.42. The van der Waals surface area contributed by atoms with Crippen molar-refractivity contribution in [1.29, 1.82) is 0 Å². The van der Waals surface area contributed by atoms with Crippen molar-refractivity contribution in [2.45, 2.75) is 45.1 Å². The normalized spacial score (nSPS) is 16.3. The molecule has 0 unspecified atom stereocenters. The smallest absolute Gasteiger partial charge is 0.356 e. The first-order valence-corrected chi connectivity index (χ1v) is 7.17. The van der Waals surface area contributed by atoms with Crippen LogP contribution < -0.4 is 4.90 Å². The Labute approximate surface area is 118 Å². The van der Waals surface area contributed by atoms with Crippen LogP contribution in [-0.4, -0.2) is 28.6 Å². The summed E-state index contributed by atoms with van der Waals surface area (Å²) in [4.78, 5) is 17.5. The quantitative estimate of drug-likeness (QED) is 0.917. The van der Waals surface area contributed by atoms with E-state index in [-0.39, 0.29) is 10.7 Å². The van der Waals surface area contributed by atoms with E-state index in [0.29, 0.717) is 6.04 Å². The number of halogens is 1. The minimum absolute atomic E-state index is 0.0616. The molecule has 2 rings (SSSR count). The average molecular weight is 283 g/mol. The van der Waals surface area contributed by atoms with Gasteiger partial charge in [-0.15, -0.1) is 0 Å². The minimum atomic E-state index is -1.08. The fourth-order valence-electron chi connectivity index (χ4n) is 2.74. The molecule has 1 aliphatic rings. The van der Waals surface area contributed by atoms with Crippen LogP contribution in [0.1, 0.15) is 49.5 Å². The summed E-state index contributed by atoms with van der Waals surface area (Å²) in [5, 5.41) is 9.28. The highest BCUT2D eigenvalue weighted by atomic mass is 35.5. The zero-order valence-corrected chi connectivity index (χ0v) is 11.9.